The molecule has 3 aromatic carbocycles. The molecule has 1 fully saturated rings. The van der Waals surface area contributed by atoms with Crippen LogP contribution in [0.2, 0.25) is 0 Å². The van der Waals surface area contributed by atoms with Crippen molar-refractivity contribution < 1.29 is 13.2 Å². The predicted molar refractivity (Wildman–Crippen MR) is 160 cm³/mol. The lowest BCUT2D eigenvalue weighted by atomic mass is 9.96. The SMILES string of the molecule is CCS(=O)(=O)Nc1ccc2c(c1)C(=C(Nc1ccc(CN3C(C)CCCC3C)cc1)c1ccccc1)C(=O)N2. The number of amides is 1. The molecule has 204 valence electrons. The molecule has 1 amide bonds. The van der Waals surface area contributed by atoms with Crippen molar-refractivity contribution >= 4 is 44.3 Å². The number of benzene rings is 3. The van der Waals surface area contributed by atoms with Gasteiger partial charge in [0.05, 0.1) is 17.0 Å². The number of anilines is 3. The van der Waals surface area contributed by atoms with E-state index in [1.54, 1.807) is 25.1 Å². The Hall–Kier alpha value is -3.62. The Bertz CT molecular complexity index is 1470. The van der Waals surface area contributed by atoms with Gasteiger partial charge in [0, 0.05) is 41.3 Å². The zero-order chi connectivity index (χ0) is 27.6. The van der Waals surface area contributed by atoms with Gasteiger partial charge in [0.25, 0.3) is 5.91 Å². The molecule has 0 spiro atoms. The normalized spacial score (nSPS) is 20.7. The van der Waals surface area contributed by atoms with Crippen molar-refractivity contribution in [2.24, 2.45) is 0 Å². The van der Waals surface area contributed by atoms with E-state index in [2.05, 4.69) is 58.4 Å². The smallest absolute Gasteiger partial charge is 0.258 e. The molecule has 2 unspecified atom stereocenters. The molecule has 39 heavy (non-hydrogen) atoms. The molecule has 2 atom stereocenters. The van der Waals surface area contributed by atoms with Crippen LogP contribution >= 0.6 is 0 Å². The van der Waals surface area contributed by atoms with E-state index in [-0.39, 0.29) is 11.7 Å². The maximum Gasteiger partial charge on any atom is 0.258 e. The number of hydrogen-bond acceptors (Lipinski definition) is 5. The molecule has 0 radical (unpaired) electrons. The number of carbonyl (C=O) groups excluding carboxylic acids is 1. The molecule has 0 bridgehead atoms. The van der Waals surface area contributed by atoms with E-state index in [0.717, 1.165) is 17.8 Å². The number of carbonyl (C=O) groups is 1. The van der Waals surface area contributed by atoms with E-state index in [4.69, 9.17) is 0 Å². The van der Waals surface area contributed by atoms with Gasteiger partial charge in [-0.1, -0.05) is 48.9 Å². The highest BCUT2D eigenvalue weighted by Crippen LogP contribution is 2.39. The summed E-state index contributed by atoms with van der Waals surface area (Å²) in [5, 5.41) is 6.43. The molecule has 0 saturated carbocycles. The van der Waals surface area contributed by atoms with Crippen LogP contribution in [0.4, 0.5) is 17.1 Å². The fourth-order valence-corrected chi connectivity index (χ4v) is 6.08. The molecule has 2 heterocycles. The topological polar surface area (TPSA) is 90.5 Å². The maximum absolute atomic E-state index is 13.3. The minimum absolute atomic E-state index is 0.0354. The Morgan fingerprint density at radius 1 is 0.949 bits per heavy atom. The monoisotopic (exact) mass is 544 g/mol. The summed E-state index contributed by atoms with van der Waals surface area (Å²) in [6, 6.07) is 24.4. The van der Waals surface area contributed by atoms with Gasteiger partial charge in [-0.05, 0) is 75.1 Å². The van der Waals surface area contributed by atoms with E-state index in [1.807, 2.05) is 30.3 Å². The fraction of sp³-hybridized carbons (Fsp3) is 0.323. The Morgan fingerprint density at radius 2 is 1.62 bits per heavy atom. The van der Waals surface area contributed by atoms with Crippen LogP contribution in [0.1, 0.15) is 56.7 Å². The summed E-state index contributed by atoms with van der Waals surface area (Å²) in [6.07, 6.45) is 3.77. The van der Waals surface area contributed by atoms with E-state index >= 15 is 0 Å². The second-order valence-electron chi connectivity index (χ2n) is 10.5. The quantitative estimate of drug-likeness (QED) is 0.296. The molecular formula is C31H36N4O3S. The maximum atomic E-state index is 13.3. The van der Waals surface area contributed by atoms with Crippen molar-refractivity contribution in [3.05, 3.63) is 89.5 Å². The van der Waals surface area contributed by atoms with Crippen LogP contribution in [-0.4, -0.2) is 37.1 Å². The first kappa shape index (κ1) is 27.0. The first-order valence-corrected chi connectivity index (χ1v) is 15.3. The van der Waals surface area contributed by atoms with Crippen LogP contribution in [0.3, 0.4) is 0 Å². The summed E-state index contributed by atoms with van der Waals surface area (Å²) < 4.78 is 27.0. The van der Waals surface area contributed by atoms with Crippen molar-refractivity contribution in [1.29, 1.82) is 0 Å². The Morgan fingerprint density at radius 3 is 2.28 bits per heavy atom. The second-order valence-corrected chi connectivity index (χ2v) is 12.5. The van der Waals surface area contributed by atoms with Crippen molar-refractivity contribution in [1.82, 2.24) is 4.90 Å². The van der Waals surface area contributed by atoms with Crippen LogP contribution in [0.25, 0.3) is 11.3 Å². The van der Waals surface area contributed by atoms with Gasteiger partial charge in [0.15, 0.2) is 0 Å². The fourth-order valence-electron chi connectivity index (χ4n) is 5.45. The lowest BCUT2D eigenvalue weighted by Gasteiger charge is -2.39. The molecule has 2 aliphatic heterocycles. The van der Waals surface area contributed by atoms with Crippen LogP contribution in [0.5, 0.6) is 0 Å². The molecule has 8 heteroatoms. The lowest BCUT2D eigenvalue weighted by Crippen LogP contribution is -2.42. The third-order valence-electron chi connectivity index (χ3n) is 7.69. The van der Waals surface area contributed by atoms with E-state index in [1.165, 1.54) is 24.8 Å². The zero-order valence-corrected chi connectivity index (χ0v) is 23.5. The number of piperidine rings is 1. The number of fused-ring (bicyclic) bond motifs is 1. The number of rotatable bonds is 8. The van der Waals surface area contributed by atoms with Gasteiger partial charge < -0.3 is 10.6 Å². The number of hydrogen-bond donors (Lipinski definition) is 3. The predicted octanol–water partition coefficient (Wildman–Crippen LogP) is 6.14. The molecule has 0 aliphatic carbocycles. The van der Waals surface area contributed by atoms with Crippen LogP contribution in [0, 0.1) is 0 Å². The van der Waals surface area contributed by atoms with Gasteiger partial charge in [0.2, 0.25) is 10.0 Å². The average Bonchev–Trinajstić information content (AvgIpc) is 3.25. The third kappa shape index (κ3) is 6.02. The molecule has 5 rings (SSSR count). The van der Waals surface area contributed by atoms with Crippen LogP contribution in [0.15, 0.2) is 72.8 Å². The van der Waals surface area contributed by atoms with Crippen molar-refractivity contribution in [3.8, 4) is 0 Å². The van der Waals surface area contributed by atoms with Gasteiger partial charge in [-0.2, -0.15) is 0 Å². The second kappa shape index (κ2) is 11.2. The van der Waals surface area contributed by atoms with Crippen LogP contribution < -0.4 is 15.4 Å². The Balaban J connectivity index is 1.48. The molecule has 7 nitrogen and oxygen atoms in total. The molecule has 3 N–H and O–H groups in total. The van der Waals surface area contributed by atoms with Gasteiger partial charge in [-0.25, -0.2) is 8.42 Å². The Kier molecular flexibility index (Phi) is 7.77. The van der Waals surface area contributed by atoms with Gasteiger partial charge in [-0.15, -0.1) is 0 Å². The van der Waals surface area contributed by atoms with Gasteiger partial charge in [0.1, 0.15) is 0 Å². The van der Waals surface area contributed by atoms with E-state index < -0.39 is 10.0 Å². The summed E-state index contributed by atoms with van der Waals surface area (Å²) in [5.74, 6) is -0.275. The number of nitrogens with zero attached hydrogens (tertiary/aromatic N) is 1. The zero-order valence-electron chi connectivity index (χ0n) is 22.7. The summed E-state index contributed by atoms with van der Waals surface area (Å²) in [4.78, 5) is 15.8. The van der Waals surface area contributed by atoms with Crippen molar-refractivity contribution in [2.75, 3.05) is 21.1 Å². The average molecular weight is 545 g/mol. The van der Waals surface area contributed by atoms with E-state index in [9.17, 15) is 13.2 Å². The molecule has 1 saturated heterocycles. The Labute approximate surface area is 231 Å². The molecule has 3 aromatic rings. The number of sulfonamides is 1. The standard InChI is InChI=1S/C31H36N4O3S/c1-4-39(37,38)34-26-17-18-28-27(19-26)29(31(36)33-28)30(24-11-6-5-7-12-24)32-25-15-13-23(14-16-25)20-35-21(2)9-8-10-22(35)3/h5-7,11-19,21-22,32,34H,4,8-10,20H2,1-3H3,(H,33,36). The van der Waals surface area contributed by atoms with Gasteiger partial charge in [-0.3, -0.25) is 14.4 Å². The highest BCUT2D eigenvalue weighted by atomic mass is 32.2. The first-order chi connectivity index (χ1) is 18.7. The van der Waals surface area contributed by atoms with Crippen molar-refractivity contribution in [3.63, 3.8) is 0 Å². The lowest BCUT2D eigenvalue weighted by molar-refractivity contribution is -0.110. The highest BCUT2D eigenvalue weighted by Gasteiger charge is 2.29. The summed E-state index contributed by atoms with van der Waals surface area (Å²) >= 11 is 0. The van der Waals surface area contributed by atoms with Crippen molar-refractivity contribution in [2.45, 2.75) is 58.7 Å². The summed E-state index contributed by atoms with van der Waals surface area (Å²) in [6.45, 7) is 7.13. The number of likely N-dealkylation sites (tertiary alicyclic amines) is 1. The first-order valence-electron chi connectivity index (χ1n) is 13.6. The summed E-state index contributed by atoms with van der Waals surface area (Å²) in [7, 11) is -3.45. The molecule has 0 aromatic heterocycles. The largest absolute Gasteiger partial charge is 0.354 e. The number of nitrogens with one attached hydrogen (secondary N) is 3. The molecule has 2 aliphatic rings. The minimum Gasteiger partial charge on any atom is -0.354 e. The van der Waals surface area contributed by atoms with Gasteiger partial charge >= 0.3 is 0 Å². The molecular weight excluding hydrogens is 508 g/mol. The summed E-state index contributed by atoms with van der Waals surface area (Å²) in [5.41, 5.74) is 5.82. The third-order valence-corrected chi connectivity index (χ3v) is 9.00. The minimum atomic E-state index is -3.45. The highest BCUT2D eigenvalue weighted by molar-refractivity contribution is 7.92. The van der Waals surface area contributed by atoms with E-state index in [0.29, 0.717) is 40.3 Å². The van der Waals surface area contributed by atoms with Crippen LogP contribution in [-0.2, 0) is 21.4 Å².